The van der Waals surface area contributed by atoms with Crippen molar-refractivity contribution in [2.24, 2.45) is 0 Å². The summed E-state index contributed by atoms with van der Waals surface area (Å²) in [7, 11) is 0.292. The van der Waals surface area contributed by atoms with Gasteiger partial charge in [-0.2, -0.15) is 0 Å². The van der Waals surface area contributed by atoms with Gasteiger partial charge in [0, 0.05) is 23.9 Å². The van der Waals surface area contributed by atoms with E-state index < -0.39 is 10.8 Å². The molecule has 0 amide bonds. The van der Waals surface area contributed by atoms with Crippen molar-refractivity contribution in [1.29, 1.82) is 0 Å². The Bertz CT molecular complexity index is 997. The van der Waals surface area contributed by atoms with Crippen molar-refractivity contribution in [2.75, 3.05) is 7.11 Å². The van der Waals surface area contributed by atoms with Gasteiger partial charge < -0.3 is 14.5 Å². The number of ether oxygens (including phenoxy) is 2. The van der Waals surface area contributed by atoms with Crippen LogP contribution in [0, 0.1) is 0 Å². The minimum atomic E-state index is -1.32. The Balaban J connectivity index is 1.57. The van der Waals surface area contributed by atoms with Gasteiger partial charge >= 0.3 is 0 Å². The molecule has 6 nitrogen and oxygen atoms in total. The Morgan fingerprint density at radius 1 is 1.35 bits per heavy atom. The molecule has 0 fully saturated rings. The van der Waals surface area contributed by atoms with Gasteiger partial charge in [0.15, 0.2) is 5.16 Å². The molecule has 26 heavy (non-hydrogen) atoms. The molecule has 7 heteroatoms. The molecular weight excluding hydrogens is 350 g/mol. The van der Waals surface area contributed by atoms with Gasteiger partial charge in [0.1, 0.15) is 17.1 Å². The average Bonchev–Trinajstić information content (AvgIpc) is 3.04. The first-order chi connectivity index (χ1) is 12.4. The minimum Gasteiger partial charge on any atom is -0.497 e. The number of benzene rings is 1. The Morgan fingerprint density at radius 3 is 3.00 bits per heavy atom. The second-order valence-electron chi connectivity index (χ2n) is 7.06. The third kappa shape index (κ3) is 3.31. The van der Waals surface area contributed by atoms with E-state index in [2.05, 4.69) is 28.8 Å². The van der Waals surface area contributed by atoms with E-state index in [0.717, 1.165) is 46.6 Å². The molecule has 1 N–H and O–H groups in total. The van der Waals surface area contributed by atoms with Crippen LogP contribution in [0.5, 0.6) is 11.5 Å². The molecule has 0 spiro atoms. The van der Waals surface area contributed by atoms with Crippen LogP contribution < -0.4 is 9.47 Å². The molecule has 3 aromatic rings. The van der Waals surface area contributed by atoms with Gasteiger partial charge in [0.05, 0.1) is 40.4 Å². The summed E-state index contributed by atoms with van der Waals surface area (Å²) in [5.41, 5.74) is 3.23. The van der Waals surface area contributed by atoms with Crippen molar-refractivity contribution in [1.82, 2.24) is 15.0 Å². The molecular formula is C19H21N3O3S. The van der Waals surface area contributed by atoms with Crippen molar-refractivity contribution in [3.63, 3.8) is 0 Å². The number of nitrogens with one attached hydrogen (secondary N) is 1. The molecule has 2 aromatic heterocycles. The van der Waals surface area contributed by atoms with Gasteiger partial charge in [0.25, 0.3) is 0 Å². The molecule has 0 saturated heterocycles. The van der Waals surface area contributed by atoms with E-state index in [4.69, 9.17) is 9.47 Å². The minimum absolute atomic E-state index is 0.178. The van der Waals surface area contributed by atoms with Gasteiger partial charge in [-0.1, -0.05) is 0 Å². The number of hydrogen-bond donors (Lipinski definition) is 1. The smallest absolute Gasteiger partial charge is 0.197 e. The van der Waals surface area contributed by atoms with Crippen LogP contribution in [0.2, 0.25) is 0 Å². The van der Waals surface area contributed by atoms with E-state index in [1.807, 2.05) is 30.5 Å². The molecule has 1 atom stereocenters. The summed E-state index contributed by atoms with van der Waals surface area (Å²) in [4.78, 5) is 12.0. The summed E-state index contributed by atoms with van der Waals surface area (Å²) in [5, 5.41) is 0.439. The van der Waals surface area contributed by atoms with E-state index in [0.29, 0.717) is 5.16 Å². The number of H-pyrrole nitrogens is 1. The van der Waals surface area contributed by atoms with Crippen LogP contribution in [0.1, 0.15) is 31.5 Å². The fourth-order valence-electron chi connectivity index (χ4n) is 3.05. The zero-order valence-corrected chi connectivity index (χ0v) is 15.9. The number of pyridine rings is 1. The van der Waals surface area contributed by atoms with E-state index in [-0.39, 0.29) is 11.4 Å². The normalized spacial score (nSPS) is 16.7. The van der Waals surface area contributed by atoms with Gasteiger partial charge in [-0.15, -0.1) is 0 Å². The first-order valence-corrected chi connectivity index (χ1v) is 9.84. The molecule has 1 unspecified atom stereocenters. The van der Waals surface area contributed by atoms with Gasteiger partial charge in [-0.3, -0.25) is 9.19 Å². The van der Waals surface area contributed by atoms with E-state index in [1.165, 1.54) is 0 Å². The summed E-state index contributed by atoms with van der Waals surface area (Å²) in [5.74, 6) is 1.86. The summed E-state index contributed by atoms with van der Waals surface area (Å²) in [6.45, 7) is 4.16. The number of aromatic amines is 1. The highest BCUT2D eigenvalue weighted by atomic mass is 32.2. The Labute approximate surface area is 154 Å². The maximum absolute atomic E-state index is 12.7. The molecule has 0 radical (unpaired) electrons. The zero-order valence-electron chi connectivity index (χ0n) is 15.0. The van der Waals surface area contributed by atoms with Crippen LogP contribution in [0.3, 0.4) is 0 Å². The largest absolute Gasteiger partial charge is 0.497 e. The highest BCUT2D eigenvalue weighted by molar-refractivity contribution is 7.84. The first kappa shape index (κ1) is 17.0. The zero-order chi connectivity index (χ0) is 18.3. The standard InChI is InChI=1S/C19H21N3O3S/c1-19(2)7-6-12-10-20-13(8-17(12)25-19)11-26(23)18-21-15-5-4-14(24-3)9-16(15)22-18/h4-5,8-10H,6-7,11H2,1-3H3,(H,21,22). The molecule has 0 bridgehead atoms. The molecule has 1 aliphatic heterocycles. The molecule has 4 rings (SSSR count). The van der Waals surface area contributed by atoms with Crippen LogP contribution in [-0.2, 0) is 23.0 Å². The number of nitrogens with zero attached hydrogens (tertiary/aromatic N) is 2. The van der Waals surface area contributed by atoms with Crippen molar-refractivity contribution < 1.29 is 13.7 Å². The third-order valence-electron chi connectivity index (χ3n) is 4.55. The van der Waals surface area contributed by atoms with Gasteiger partial charge in [-0.25, -0.2) is 4.98 Å². The number of aromatic nitrogens is 3. The number of imidazole rings is 1. The molecule has 0 aliphatic carbocycles. The summed E-state index contributed by atoms with van der Waals surface area (Å²) in [6.07, 6.45) is 3.75. The van der Waals surface area contributed by atoms with Crippen molar-refractivity contribution >= 4 is 21.8 Å². The number of methoxy groups -OCH3 is 1. The quantitative estimate of drug-likeness (QED) is 0.761. The van der Waals surface area contributed by atoms with Crippen LogP contribution in [0.4, 0.5) is 0 Å². The predicted octanol–water partition coefficient (Wildman–Crippen LogP) is 3.38. The SMILES string of the molecule is COc1ccc2nc(S(=O)Cc3cc4c(cn3)CCC(C)(C)O4)[nH]c2c1. The summed E-state index contributed by atoms with van der Waals surface area (Å²) in [6, 6.07) is 7.42. The molecule has 3 heterocycles. The lowest BCUT2D eigenvalue weighted by Crippen LogP contribution is -2.32. The Hall–Kier alpha value is -2.41. The topological polar surface area (TPSA) is 77.1 Å². The lowest BCUT2D eigenvalue weighted by Gasteiger charge is -2.32. The lowest BCUT2D eigenvalue weighted by atomic mass is 9.95. The lowest BCUT2D eigenvalue weighted by molar-refractivity contribution is 0.0843. The Kier molecular flexibility index (Phi) is 4.19. The fraction of sp³-hybridized carbons (Fsp3) is 0.368. The van der Waals surface area contributed by atoms with E-state index >= 15 is 0 Å². The Morgan fingerprint density at radius 2 is 2.19 bits per heavy atom. The van der Waals surface area contributed by atoms with Crippen LogP contribution in [0.15, 0.2) is 35.6 Å². The van der Waals surface area contributed by atoms with Crippen LogP contribution in [0.25, 0.3) is 11.0 Å². The number of fused-ring (bicyclic) bond motifs is 2. The number of aryl methyl sites for hydroxylation is 1. The maximum Gasteiger partial charge on any atom is 0.197 e. The predicted molar refractivity (Wildman–Crippen MR) is 100 cm³/mol. The highest BCUT2D eigenvalue weighted by Crippen LogP contribution is 2.33. The monoisotopic (exact) mass is 371 g/mol. The highest BCUT2D eigenvalue weighted by Gasteiger charge is 2.27. The summed E-state index contributed by atoms with van der Waals surface area (Å²) < 4.78 is 24.0. The second-order valence-corrected chi connectivity index (χ2v) is 8.43. The molecule has 0 saturated carbocycles. The van der Waals surface area contributed by atoms with Crippen LogP contribution >= 0.6 is 0 Å². The molecule has 1 aromatic carbocycles. The van der Waals surface area contributed by atoms with Crippen molar-refractivity contribution in [3.8, 4) is 11.5 Å². The average molecular weight is 371 g/mol. The number of rotatable bonds is 4. The van der Waals surface area contributed by atoms with Crippen molar-refractivity contribution in [2.45, 2.75) is 43.2 Å². The first-order valence-electron chi connectivity index (χ1n) is 8.52. The van der Waals surface area contributed by atoms with E-state index in [1.54, 1.807) is 7.11 Å². The van der Waals surface area contributed by atoms with Crippen molar-refractivity contribution in [3.05, 3.63) is 41.7 Å². The fourth-order valence-corrected chi connectivity index (χ4v) is 4.04. The van der Waals surface area contributed by atoms with E-state index in [9.17, 15) is 4.21 Å². The number of hydrogen-bond acceptors (Lipinski definition) is 5. The van der Waals surface area contributed by atoms with Gasteiger partial charge in [0.2, 0.25) is 0 Å². The molecule has 136 valence electrons. The van der Waals surface area contributed by atoms with Crippen LogP contribution in [-0.4, -0.2) is 31.9 Å². The second kappa shape index (κ2) is 6.39. The third-order valence-corrected chi connectivity index (χ3v) is 5.73. The van der Waals surface area contributed by atoms with Gasteiger partial charge in [-0.05, 0) is 38.8 Å². The maximum atomic E-state index is 12.7. The molecule has 1 aliphatic rings. The summed E-state index contributed by atoms with van der Waals surface area (Å²) >= 11 is 0.